The van der Waals surface area contributed by atoms with E-state index < -0.39 is 28.8 Å². The van der Waals surface area contributed by atoms with Gasteiger partial charge in [0.15, 0.2) is 0 Å². The van der Waals surface area contributed by atoms with Crippen molar-refractivity contribution in [1.29, 1.82) is 0 Å². The van der Waals surface area contributed by atoms with Gasteiger partial charge in [-0.15, -0.1) is 11.8 Å². The molecule has 0 spiro atoms. The van der Waals surface area contributed by atoms with Crippen LogP contribution >= 0.6 is 47.0 Å². The number of hydrogen-bond donors (Lipinski definition) is 3. The summed E-state index contributed by atoms with van der Waals surface area (Å²) in [5.41, 5.74) is -2.07. The molecule has 0 bridgehead atoms. The zero-order chi connectivity index (χ0) is 25.9. The molecule has 4 N–H and O–H groups in total. The van der Waals surface area contributed by atoms with Crippen LogP contribution in [0.4, 0.5) is 8.78 Å². The van der Waals surface area contributed by atoms with Gasteiger partial charge in [-0.3, -0.25) is 4.57 Å². The van der Waals surface area contributed by atoms with Gasteiger partial charge in [0.2, 0.25) is 10.0 Å². The molecule has 0 unspecified atom stereocenters. The van der Waals surface area contributed by atoms with Gasteiger partial charge in [0, 0.05) is 32.2 Å². The summed E-state index contributed by atoms with van der Waals surface area (Å²) in [5, 5.41) is 5.10. The van der Waals surface area contributed by atoms with Crippen LogP contribution in [0, 0.1) is 0 Å². The average Bonchev–Trinajstić information content (AvgIpc) is 2.77. The number of alkyl halides is 2. The second-order valence-corrected chi connectivity index (χ2v) is 13.6. The van der Waals surface area contributed by atoms with Crippen LogP contribution in [0.1, 0.15) is 22.3 Å². The van der Waals surface area contributed by atoms with E-state index in [4.69, 9.17) is 14.9 Å². The average molecular weight is 647 g/mol. The molecular formula is C22H21BrF2NNaO5PS3+. The molecule has 0 atom stereocenters. The van der Waals surface area contributed by atoms with Crippen molar-refractivity contribution in [3.8, 4) is 0 Å². The number of sulfonamides is 1. The molecule has 188 valence electrons. The predicted molar refractivity (Wildman–Crippen MR) is 139 cm³/mol. The maximum atomic E-state index is 13.9. The van der Waals surface area contributed by atoms with Crippen LogP contribution in [0.15, 0.2) is 81.0 Å². The summed E-state index contributed by atoms with van der Waals surface area (Å²) >= 11 is 6.15. The van der Waals surface area contributed by atoms with Crippen LogP contribution in [0.3, 0.4) is 0 Å². The number of thioether (sulfide) groups is 2. The molecule has 0 saturated carbocycles. The number of benzene rings is 3. The second-order valence-electron chi connectivity index (χ2n) is 7.51. The maximum Gasteiger partial charge on any atom is 1.00 e. The van der Waals surface area contributed by atoms with Crippen LogP contribution in [-0.2, 0) is 37.5 Å². The van der Waals surface area contributed by atoms with E-state index in [0.717, 1.165) is 27.7 Å². The molecule has 0 aliphatic heterocycles. The van der Waals surface area contributed by atoms with Gasteiger partial charge in [-0.25, -0.2) is 13.6 Å². The molecule has 3 rings (SSSR count). The van der Waals surface area contributed by atoms with Crippen LogP contribution in [-0.4, -0.2) is 18.2 Å². The predicted octanol–water partition coefficient (Wildman–Crippen LogP) is 3.05. The summed E-state index contributed by atoms with van der Waals surface area (Å²) < 4.78 is 61.6. The number of rotatable bonds is 10. The quantitative estimate of drug-likeness (QED) is 0.176. The first-order chi connectivity index (χ1) is 16.3. The van der Waals surface area contributed by atoms with Crippen molar-refractivity contribution < 1.29 is 61.1 Å². The van der Waals surface area contributed by atoms with Crippen molar-refractivity contribution in [2.24, 2.45) is 5.14 Å². The Kier molecular flexibility index (Phi) is 11.7. The summed E-state index contributed by atoms with van der Waals surface area (Å²) in [6.45, 7) is 0. The summed E-state index contributed by atoms with van der Waals surface area (Å²) in [6.07, 6.45) is 0. The van der Waals surface area contributed by atoms with Gasteiger partial charge in [0.25, 0.3) is 0 Å². The maximum absolute atomic E-state index is 13.9. The zero-order valence-corrected chi connectivity index (χ0v) is 25.9. The Morgan fingerprint density at radius 3 is 1.89 bits per heavy atom. The van der Waals surface area contributed by atoms with E-state index in [9.17, 15) is 21.8 Å². The van der Waals surface area contributed by atoms with E-state index in [1.54, 1.807) is 35.7 Å². The Morgan fingerprint density at radius 2 is 1.39 bits per heavy atom. The topological polar surface area (TPSA) is 118 Å². The Morgan fingerprint density at radius 1 is 0.889 bits per heavy atom. The van der Waals surface area contributed by atoms with Crippen molar-refractivity contribution in [2.45, 2.75) is 32.7 Å². The molecule has 0 radical (unpaired) electrons. The Labute approximate surface area is 247 Å². The summed E-state index contributed by atoms with van der Waals surface area (Å²) in [7, 11) is -9.33. The standard InChI is InChI=1S/C22H21BrF2NO5PS3.Na/c23-21-11-17(5-10-20(21)22(24,25)32(27,28)29)13-33-12-15-1-3-16(4-2-15)14-34-18-6-8-19(9-7-18)35(26,30)31;/h1-11H,12-14H2,(H2,26,30,31)(H2,27,28,29);/q;+1. The van der Waals surface area contributed by atoms with Crippen molar-refractivity contribution in [3.63, 3.8) is 0 Å². The minimum atomic E-state index is -5.63. The smallest absolute Gasteiger partial charge is 0.320 e. The van der Waals surface area contributed by atoms with Crippen molar-refractivity contribution >= 4 is 57.1 Å². The van der Waals surface area contributed by atoms with Gasteiger partial charge in [-0.1, -0.05) is 52.3 Å². The molecule has 14 heteroatoms. The molecule has 0 saturated heterocycles. The molecule has 0 fully saturated rings. The fourth-order valence-electron chi connectivity index (χ4n) is 2.96. The number of primary sulfonamides is 1. The van der Waals surface area contributed by atoms with E-state index >= 15 is 0 Å². The molecule has 6 nitrogen and oxygen atoms in total. The molecule has 3 aromatic rings. The molecule has 36 heavy (non-hydrogen) atoms. The van der Waals surface area contributed by atoms with Crippen LogP contribution < -0.4 is 34.7 Å². The van der Waals surface area contributed by atoms with E-state index in [-0.39, 0.29) is 38.9 Å². The third-order valence-electron chi connectivity index (χ3n) is 4.84. The molecule has 0 aliphatic carbocycles. The van der Waals surface area contributed by atoms with Crippen LogP contribution in [0.2, 0.25) is 0 Å². The molecular weight excluding hydrogens is 626 g/mol. The van der Waals surface area contributed by atoms with Crippen LogP contribution in [0.5, 0.6) is 0 Å². The molecule has 0 amide bonds. The van der Waals surface area contributed by atoms with Crippen molar-refractivity contribution in [2.75, 3.05) is 0 Å². The molecule has 3 aromatic carbocycles. The first kappa shape index (κ1) is 32.0. The largest absolute Gasteiger partial charge is 1.00 e. The minimum absolute atomic E-state index is 0. The van der Waals surface area contributed by atoms with Crippen LogP contribution in [0.25, 0.3) is 0 Å². The van der Waals surface area contributed by atoms with Crippen molar-refractivity contribution in [3.05, 3.63) is 93.5 Å². The van der Waals surface area contributed by atoms with E-state index in [0.29, 0.717) is 17.3 Å². The number of nitrogens with two attached hydrogens (primary N) is 1. The van der Waals surface area contributed by atoms with Gasteiger partial charge in [0.1, 0.15) is 0 Å². The monoisotopic (exact) mass is 646 g/mol. The van der Waals surface area contributed by atoms with E-state index in [1.807, 2.05) is 24.3 Å². The van der Waals surface area contributed by atoms with Gasteiger partial charge < -0.3 is 9.79 Å². The Bertz CT molecular complexity index is 1340. The normalized spacial score (nSPS) is 12.3. The summed E-state index contributed by atoms with van der Waals surface area (Å²) in [4.78, 5) is 18.8. The van der Waals surface area contributed by atoms with Gasteiger partial charge in [0.05, 0.1) is 4.90 Å². The third-order valence-corrected chi connectivity index (χ3v) is 9.56. The number of hydrogen-bond acceptors (Lipinski definition) is 5. The molecule has 0 aliphatic rings. The Balaban J connectivity index is 0.00000456. The SMILES string of the molecule is NS(=O)(=O)c1ccc(SCc2ccc(CSCc3ccc(C(F)(F)P(=O)(O)O)c(Br)c3)cc2)cc1.[Na+]. The van der Waals surface area contributed by atoms with Gasteiger partial charge in [-0.2, -0.15) is 20.5 Å². The van der Waals surface area contributed by atoms with Crippen molar-refractivity contribution in [1.82, 2.24) is 0 Å². The Hall–Kier alpha value is -0.240. The molecule has 0 heterocycles. The summed E-state index contributed by atoms with van der Waals surface area (Å²) in [6, 6.07) is 18.3. The first-order valence-corrected chi connectivity index (χ1v) is 16.0. The fourth-order valence-corrected chi connectivity index (χ4v) is 6.61. The summed E-state index contributed by atoms with van der Waals surface area (Å²) in [5.74, 6) is 1.94. The van der Waals surface area contributed by atoms with E-state index in [1.165, 1.54) is 24.3 Å². The third kappa shape index (κ3) is 8.64. The minimum Gasteiger partial charge on any atom is -0.320 e. The van der Waals surface area contributed by atoms with Gasteiger partial charge in [-0.05, 0) is 47.0 Å². The second kappa shape index (κ2) is 13.2. The van der Waals surface area contributed by atoms with Gasteiger partial charge >= 0.3 is 42.8 Å². The van der Waals surface area contributed by atoms with E-state index in [2.05, 4.69) is 15.9 Å². The first-order valence-electron chi connectivity index (χ1n) is 9.91. The zero-order valence-electron chi connectivity index (χ0n) is 19.0. The molecule has 0 aromatic heterocycles. The number of halogens is 3. The fraction of sp³-hybridized carbons (Fsp3) is 0.182.